The summed E-state index contributed by atoms with van der Waals surface area (Å²) in [6, 6.07) is 5.93. The quantitative estimate of drug-likeness (QED) is 0.639. The van der Waals surface area contributed by atoms with Gasteiger partial charge in [0.15, 0.2) is 0 Å². The molecule has 3 rings (SSSR count). The zero-order chi connectivity index (χ0) is 17.0. The molecule has 0 spiro atoms. The van der Waals surface area contributed by atoms with Crippen molar-refractivity contribution in [3.05, 3.63) is 53.9 Å². The van der Waals surface area contributed by atoms with E-state index in [1.165, 1.54) is 0 Å². The molecule has 0 radical (unpaired) electrons. The molecule has 0 aliphatic carbocycles. The minimum atomic E-state index is -0.642. The van der Waals surface area contributed by atoms with Gasteiger partial charge in [0, 0.05) is 25.5 Å². The predicted molar refractivity (Wildman–Crippen MR) is 87.0 cm³/mol. The Kier molecular flexibility index (Phi) is 5.92. The van der Waals surface area contributed by atoms with Gasteiger partial charge in [0.25, 0.3) is 0 Å². The standard InChI is InChI=1S/C14H18N6.2ClH.Mn/c1-11-5-8-18(15-11)14(4,19-9-6-12(2)16-19)20-10-7-13(3)17-20;;;/h5-10H,1-4H3;2*1H;/q;;;+2/p-2. The van der Waals surface area contributed by atoms with Crippen molar-refractivity contribution in [1.82, 2.24) is 29.3 Å². The van der Waals surface area contributed by atoms with Gasteiger partial charge in [-0.1, -0.05) is 0 Å². The third kappa shape index (κ3) is 3.80. The molecule has 0 fully saturated rings. The summed E-state index contributed by atoms with van der Waals surface area (Å²) < 4.78 is 5.63. The molecule has 0 N–H and O–H groups in total. The topological polar surface area (TPSA) is 53.5 Å². The Morgan fingerprint density at radius 3 is 1.22 bits per heavy atom. The van der Waals surface area contributed by atoms with E-state index in [1.54, 1.807) is 0 Å². The summed E-state index contributed by atoms with van der Waals surface area (Å²) in [5.41, 5.74) is 2.89. The first-order valence-electron chi connectivity index (χ1n) is 6.87. The third-order valence-corrected chi connectivity index (χ3v) is 3.47. The van der Waals surface area contributed by atoms with Crippen molar-refractivity contribution < 1.29 is 13.1 Å². The Morgan fingerprint density at radius 2 is 1.04 bits per heavy atom. The van der Waals surface area contributed by atoms with Gasteiger partial charge in [-0.3, -0.25) is 0 Å². The maximum absolute atomic E-state index is 4.80. The summed E-state index contributed by atoms with van der Waals surface area (Å²) in [5.74, 6) is -0.642. The molecule has 125 valence electrons. The van der Waals surface area contributed by atoms with Gasteiger partial charge >= 0.3 is 33.3 Å². The first-order valence-corrected chi connectivity index (χ1v) is 10.1. The Balaban J connectivity index is 0.000000595. The summed E-state index contributed by atoms with van der Waals surface area (Å²) in [6.07, 6.45) is 5.84. The van der Waals surface area contributed by atoms with Crippen LogP contribution in [0.25, 0.3) is 0 Å². The number of hydrogen-bond acceptors (Lipinski definition) is 3. The van der Waals surface area contributed by atoms with Crippen LogP contribution in [-0.4, -0.2) is 29.3 Å². The fourth-order valence-corrected chi connectivity index (χ4v) is 2.27. The summed E-state index contributed by atoms with van der Waals surface area (Å²) in [7, 11) is 9.59. The van der Waals surface area contributed by atoms with Crippen LogP contribution in [0.15, 0.2) is 36.8 Å². The Bertz CT molecular complexity index is 664. The molecule has 0 saturated carbocycles. The number of hydrogen-bond donors (Lipinski definition) is 0. The van der Waals surface area contributed by atoms with Crippen LogP contribution in [0.2, 0.25) is 0 Å². The monoisotopic (exact) mass is 395 g/mol. The van der Waals surface area contributed by atoms with Gasteiger partial charge in [-0.15, -0.1) is 0 Å². The molecular weight excluding hydrogens is 378 g/mol. The number of aryl methyl sites for hydroxylation is 3. The van der Waals surface area contributed by atoms with E-state index in [9.17, 15) is 0 Å². The van der Waals surface area contributed by atoms with Crippen molar-refractivity contribution in [3.63, 3.8) is 0 Å². The van der Waals surface area contributed by atoms with Crippen LogP contribution in [0, 0.1) is 20.8 Å². The molecule has 0 saturated heterocycles. The van der Waals surface area contributed by atoms with E-state index in [-0.39, 0.29) is 13.1 Å². The molecule has 0 bridgehead atoms. The molecule has 3 aromatic rings. The maximum atomic E-state index is 4.80. The molecular formula is C14H18Cl2MnN6. The number of nitrogens with zero attached hydrogens (tertiary/aromatic N) is 6. The van der Waals surface area contributed by atoms with Crippen molar-refractivity contribution in [2.24, 2.45) is 0 Å². The van der Waals surface area contributed by atoms with Crippen molar-refractivity contribution >= 4 is 20.2 Å². The van der Waals surface area contributed by atoms with Gasteiger partial charge in [0.2, 0.25) is 5.79 Å². The second kappa shape index (κ2) is 7.53. The average Bonchev–Trinajstić information content (AvgIpc) is 3.21. The fraction of sp³-hybridized carbons (Fsp3) is 0.357. The summed E-state index contributed by atoms with van der Waals surface area (Å²) in [5, 5.41) is 13.6. The van der Waals surface area contributed by atoms with Crippen LogP contribution in [0.1, 0.15) is 24.0 Å². The van der Waals surface area contributed by atoms with Gasteiger partial charge in [-0.25, -0.2) is 14.0 Å². The molecule has 0 aromatic carbocycles. The Morgan fingerprint density at radius 1 is 0.783 bits per heavy atom. The molecule has 0 atom stereocenters. The first-order chi connectivity index (χ1) is 10.9. The van der Waals surface area contributed by atoms with Crippen LogP contribution in [0.3, 0.4) is 0 Å². The summed E-state index contributed by atoms with van der Waals surface area (Å²) >= 11 is 0.00694. The van der Waals surface area contributed by atoms with E-state index in [2.05, 4.69) is 15.3 Å². The zero-order valence-electron chi connectivity index (χ0n) is 13.3. The average molecular weight is 396 g/mol. The normalized spacial score (nSPS) is 11.2. The van der Waals surface area contributed by atoms with E-state index in [4.69, 9.17) is 20.2 Å². The Labute approximate surface area is 150 Å². The van der Waals surface area contributed by atoms with E-state index in [0.717, 1.165) is 17.1 Å². The van der Waals surface area contributed by atoms with E-state index >= 15 is 0 Å². The summed E-state index contributed by atoms with van der Waals surface area (Å²) in [4.78, 5) is 0. The SMILES string of the molecule is Cc1ccn(C(C)(n2ccc(C)n2)n2ccc(C)n2)n1.[Cl][Mn][Cl]. The fourth-order valence-electron chi connectivity index (χ4n) is 2.27. The third-order valence-electron chi connectivity index (χ3n) is 3.47. The number of rotatable bonds is 3. The summed E-state index contributed by atoms with van der Waals surface area (Å²) in [6.45, 7) is 7.96. The number of aromatic nitrogens is 6. The van der Waals surface area contributed by atoms with Gasteiger partial charge in [0.1, 0.15) is 0 Å². The molecule has 3 aromatic heterocycles. The molecule has 0 aliphatic rings. The molecule has 3 heterocycles. The van der Waals surface area contributed by atoms with Crippen molar-refractivity contribution in [1.29, 1.82) is 0 Å². The minimum absolute atomic E-state index is 0.00694. The molecule has 0 aliphatic heterocycles. The molecule has 6 nitrogen and oxygen atoms in total. The van der Waals surface area contributed by atoms with Crippen molar-refractivity contribution in [2.45, 2.75) is 33.5 Å². The molecule has 23 heavy (non-hydrogen) atoms. The van der Waals surface area contributed by atoms with Gasteiger partial charge in [0.05, 0.1) is 17.1 Å². The van der Waals surface area contributed by atoms with E-state index in [0.29, 0.717) is 0 Å². The van der Waals surface area contributed by atoms with Crippen molar-refractivity contribution in [3.8, 4) is 0 Å². The van der Waals surface area contributed by atoms with Crippen LogP contribution in [0.5, 0.6) is 0 Å². The van der Waals surface area contributed by atoms with Gasteiger partial charge < -0.3 is 0 Å². The molecule has 0 unspecified atom stereocenters. The zero-order valence-corrected chi connectivity index (χ0v) is 16.0. The predicted octanol–water partition coefficient (Wildman–Crippen LogP) is 3.30. The second-order valence-electron chi connectivity index (χ2n) is 5.23. The van der Waals surface area contributed by atoms with Crippen LogP contribution in [-0.2, 0) is 18.9 Å². The number of halogens is 2. The van der Waals surface area contributed by atoms with E-state index in [1.807, 2.05) is 78.5 Å². The molecule has 9 heteroatoms. The van der Waals surface area contributed by atoms with Gasteiger partial charge in [-0.2, -0.15) is 15.3 Å². The van der Waals surface area contributed by atoms with E-state index < -0.39 is 5.79 Å². The van der Waals surface area contributed by atoms with Crippen LogP contribution < -0.4 is 0 Å². The molecule has 0 amide bonds. The van der Waals surface area contributed by atoms with Crippen LogP contribution in [0.4, 0.5) is 0 Å². The first kappa shape index (κ1) is 18.1. The second-order valence-corrected chi connectivity index (χ2v) is 7.18. The van der Waals surface area contributed by atoms with Crippen LogP contribution >= 0.6 is 20.2 Å². The Hall–Kier alpha value is -1.27. The van der Waals surface area contributed by atoms with Crippen molar-refractivity contribution in [2.75, 3.05) is 0 Å². The van der Waals surface area contributed by atoms with Gasteiger partial charge in [-0.05, 0) is 39.0 Å².